The lowest BCUT2D eigenvalue weighted by Crippen LogP contribution is -2.01. The van der Waals surface area contributed by atoms with Crippen molar-refractivity contribution in [1.82, 2.24) is 9.78 Å². The molecule has 0 unspecified atom stereocenters. The van der Waals surface area contributed by atoms with Gasteiger partial charge in [-0.2, -0.15) is 5.10 Å². The molecular weight excluding hydrogens is 210 g/mol. The number of anilines is 1. The second kappa shape index (κ2) is 7.57. The molecule has 0 saturated heterocycles. The second-order valence-electron chi connectivity index (χ2n) is 3.62. The molecule has 4 heteroatoms. The maximum atomic E-state index is 4.38. The van der Waals surface area contributed by atoms with E-state index in [1.54, 1.807) is 0 Å². The van der Waals surface area contributed by atoms with Gasteiger partial charge in [-0.05, 0) is 20.3 Å². The van der Waals surface area contributed by atoms with Gasteiger partial charge in [0.15, 0.2) is 0 Å². The van der Waals surface area contributed by atoms with Crippen LogP contribution in [0.5, 0.6) is 0 Å². The van der Waals surface area contributed by atoms with Crippen LogP contribution in [0.3, 0.4) is 0 Å². The zero-order valence-corrected chi connectivity index (χ0v) is 10.7. The molecule has 1 N–H and O–H groups in total. The lowest BCUT2D eigenvalue weighted by atomic mass is 10.2. The highest BCUT2D eigenvalue weighted by molar-refractivity contribution is 5.85. The van der Waals surface area contributed by atoms with E-state index in [9.17, 15) is 0 Å². The predicted octanol–water partition coefficient (Wildman–Crippen LogP) is 3.24. The monoisotopic (exact) mass is 231 g/mol. The molecule has 0 amide bonds. The van der Waals surface area contributed by atoms with Crippen LogP contribution in [0.15, 0.2) is 6.20 Å². The molecular formula is C11H22ClN3. The molecule has 1 aromatic rings. The topological polar surface area (TPSA) is 29.9 Å². The minimum absolute atomic E-state index is 0. The van der Waals surface area contributed by atoms with Crippen molar-refractivity contribution in [3.8, 4) is 0 Å². The Balaban J connectivity index is 0.00000196. The summed E-state index contributed by atoms with van der Waals surface area (Å²) in [6, 6.07) is 0. The van der Waals surface area contributed by atoms with Crippen LogP contribution in [0, 0.1) is 6.92 Å². The molecule has 0 aliphatic heterocycles. The molecule has 0 aliphatic carbocycles. The summed E-state index contributed by atoms with van der Waals surface area (Å²) in [6.07, 6.45) is 5.90. The maximum absolute atomic E-state index is 4.38. The van der Waals surface area contributed by atoms with Crippen LogP contribution >= 0.6 is 12.4 Å². The molecule has 88 valence electrons. The fourth-order valence-corrected chi connectivity index (χ4v) is 1.45. The zero-order valence-electron chi connectivity index (χ0n) is 9.92. The minimum Gasteiger partial charge on any atom is -0.382 e. The van der Waals surface area contributed by atoms with Gasteiger partial charge in [-0.25, -0.2) is 0 Å². The van der Waals surface area contributed by atoms with Crippen molar-refractivity contribution < 1.29 is 0 Å². The third-order valence-electron chi connectivity index (χ3n) is 2.37. The molecule has 0 atom stereocenters. The summed E-state index contributed by atoms with van der Waals surface area (Å²) < 4.78 is 1.97. The first-order valence-corrected chi connectivity index (χ1v) is 5.55. The van der Waals surface area contributed by atoms with Gasteiger partial charge >= 0.3 is 0 Å². The summed E-state index contributed by atoms with van der Waals surface area (Å²) in [5, 5.41) is 7.80. The van der Waals surface area contributed by atoms with Crippen molar-refractivity contribution in [3.63, 3.8) is 0 Å². The fraction of sp³-hybridized carbons (Fsp3) is 0.727. The largest absolute Gasteiger partial charge is 0.382 e. The van der Waals surface area contributed by atoms with E-state index in [0.717, 1.165) is 18.8 Å². The molecule has 0 bridgehead atoms. The Morgan fingerprint density at radius 3 is 2.60 bits per heavy atom. The Hall–Kier alpha value is -0.700. The van der Waals surface area contributed by atoms with Crippen LogP contribution in [0.4, 0.5) is 5.69 Å². The third-order valence-corrected chi connectivity index (χ3v) is 2.37. The first-order chi connectivity index (χ1) is 6.77. The van der Waals surface area contributed by atoms with Gasteiger partial charge in [-0.15, -0.1) is 12.4 Å². The highest BCUT2D eigenvalue weighted by Crippen LogP contribution is 2.12. The number of nitrogens with zero attached hydrogens (tertiary/aromatic N) is 2. The molecule has 15 heavy (non-hydrogen) atoms. The Labute approximate surface area is 98.7 Å². The van der Waals surface area contributed by atoms with E-state index in [4.69, 9.17) is 0 Å². The highest BCUT2D eigenvalue weighted by Gasteiger charge is 2.01. The Bertz CT molecular complexity index is 271. The lowest BCUT2D eigenvalue weighted by Gasteiger charge is -2.02. The van der Waals surface area contributed by atoms with E-state index in [1.807, 2.05) is 11.6 Å². The highest BCUT2D eigenvalue weighted by atomic mass is 35.5. The van der Waals surface area contributed by atoms with Crippen LogP contribution in [-0.2, 0) is 6.54 Å². The first-order valence-electron chi connectivity index (χ1n) is 5.55. The predicted molar refractivity (Wildman–Crippen MR) is 67.9 cm³/mol. The van der Waals surface area contributed by atoms with Crippen molar-refractivity contribution in [2.75, 3.05) is 11.9 Å². The Morgan fingerprint density at radius 2 is 2.07 bits per heavy atom. The van der Waals surface area contributed by atoms with Crippen LogP contribution in [-0.4, -0.2) is 16.3 Å². The molecule has 0 aromatic carbocycles. The smallest absolute Gasteiger partial charge is 0.0825 e. The number of halogens is 1. The van der Waals surface area contributed by atoms with Gasteiger partial charge in [0, 0.05) is 19.3 Å². The molecule has 0 spiro atoms. The standard InChI is InChI=1S/C11H21N3.ClH/c1-4-6-7-8-12-11-9-14(5-2)13-10(11)3;/h9,12H,4-8H2,1-3H3;1H. The van der Waals surface area contributed by atoms with E-state index in [2.05, 4.69) is 30.5 Å². The zero-order chi connectivity index (χ0) is 10.4. The van der Waals surface area contributed by atoms with Crippen LogP contribution in [0.1, 0.15) is 38.8 Å². The van der Waals surface area contributed by atoms with Gasteiger partial charge in [-0.1, -0.05) is 19.8 Å². The molecule has 1 aromatic heterocycles. The van der Waals surface area contributed by atoms with Gasteiger partial charge in [0.25, 0.3) is 0 Å². The maximum Gasteiger partial charge on any atom is 0.0825 e. The van der Waals surface area contributed by atoms with Gasteiger partial charge in [-0.3, -0.25) is 4.68 Å². The Kier molecular flexibility index (Phi) is 7.22. The van der Waals surface area contributed by atoms with Gasteiger partial charge in [0.05, 0.1) is 11.4 Å². The number of aryl methyl sites for hydroxylation is 2. The minimum atomic E-state index is 0. The lowest BCUT2D eigenvalue weighted by molar-refractivity contribution is 0.653. The summed E-state index contributed by atoms with van der Waals surface area (Å²) in [6.45, 7) is 8.38. The molecule has 0 fully saturated rings. The first kappa shape index (κ1) is 14.3. The van der Waals surface area contributed by atoms with E-state index < -0.39 is 0 Å². The molecule has 0 radical (unpaired) electrons. The number of nitrogens with one attached hydrogen (secondary N) is 1. The van der Waals surface area contributed by atoms with Gasteiger partial charge in [0.2, 0.25) is 0 Å². The molecule has 1 rings (SSSR count). The summed E-state index contributed by atoms with van der Waals surface area (Å²) in [5.74, 6) is 0. The van der Waals surface area contributed by atoms with E-state index in [1.165, 1.54) is 24.9 Å². The normalized spacial score (nSPS) is 9.80. The summed E-state index contributed by atoms with van der Waals surface area (Å²) in [4.78, 5) is 0. The van der Waals surface area contributed by atoms with Gasteiger partial charge < -0.3 is 5.32 Å². The van der Waals surface area contributed by atoms with Crippen molar-refractivity contribution in [2.45, 2.75) is 46.6 Å². The average Bonchev–Trinajstić information content (AvgIpc) is 2.54. The summed E-state index contributed by atoms with van der Waals surface area (Å²) in [7, 11) is 0. The molecule has 0 aliphatic rings. The van der Waals surface area contributed by atoms with E-state index in [-0.39, 0.29) is 12.4 Å². The summed E-state index contributed by atoms with van der Waals surface area (Å²) >= 11 is 0. The number of hydrogen-bond donors (Lipinski definition) is 1. The summed E-state index contributed by atoms with van der Waals surface area (Å²) in [5.41, 5.74) is 2.28. The van der Waals surface area contributed by atoms with Crippen molar-refractivity contribution in [1.29, 1.82) is 0 Å². The SMILES string of the molecule is CCCCCNc1cn(CC)nc1C.Cl. The quantitative estimate of drug-likeness (QED) is 0.762. The van der Waals surface area contributed by atoms with Crippen LogP contribution in [0.2, 0.25) is 0 Å². The van der Waals surface area contributed by atoms with E-state index in [0.29, 0.717) is 0 Å². The van der Waals surface area contributed by atoms with Crippen molar-refractivity contribution >= 4 is 18.1 Å². The van der Waals surface area contributed by atoms with Gasteiger partial charge in [0.1, 0.15) is 0 Å². The number of hydrogen-bond acceptors (Lipinski definition) is 2. The number of aromatic nitrogens is 2. The molecule has 0 saturated carbocycles. The number of rotatable bonds is 6. The third kappa shape index (κ3) is 4.56. The van der Waals surface area contributed by atoms with Crippen molar-refractivity contribution in [2.24, 2.45) is 0 Å². The molecule has 3 nitrogen and oxygen atoms in total. The average molecular weight is 232 g/mol. The fourth-order valence-electron chi connectivity index (χ4n) is 1.45. The number of unbranched alkanes of at least 4 members (excludes halogenated alkanes) is 2. The van der Waals surface area contributed by atoms with Crippen molar-refractivity contribution in [3.05, 3.63) is 11.9 Å². The van der Waals surface area contributed by atoms with E-state index >= 15 is 0 Å². The second-order valence-corrected chi connectivity index (χ2v) is 3.62. The Morgan fingerprint density at radius 1 is 1.33 bits per heavy atom. The van der Waals surface area contributed by atoms with Crippen LogP contribution in [0.25, 0.3) is 0 Å². The van der Waals surface area contributed by atoms with Crippen LogP contribution < -0.4 is 5.32 Å². The molecule has 1 heterocycles.